The third-order valence-corrected chi connectivity index (χ3v) is 3.32. The first-order valence-electron chi connectivity index (χ1n) is 6.45. The molecule has 1 saturated carbocycles. The SMILES string of the molecule is NCCc1ccccc1C(=O)NC(C(=O)O)C1CC1. The number of hydrogen-bond donors (Lipinski definition) is 3. The Morgan fingerprint density at radius 1 is 1.37 bits per heavy atom. The molecule has 1 aliphatic rings. The molecule has 1 aromatic carbocycles. The van der Waals surface area contributed by atoms with E-state index in [0.29, 0.717) is 18.5 Å². The van der Waals surface area contributed by atoms with Crippen molar-refractivity contribution in [2.45, 2.75) is 25.3 Å². The maximum Gasteiger partial charge on any atom is 0.326 e. The number of nitrogens with one attached hydrogen (secondary N) is 1. The van der Waals surface area contributed by atoms with Crippen LogP contribution in [-0.4, -0.2) is 29.6 Å². The number of rotatable bonds is 6. The summed E-state index contributed by atoms with van der Waals surface area (Å²) in [4.78, 5) is 23.3. The van der Waals surface area contributed by atoms with E-state index in [1.807, 2.05) is 12.1 Å². The summed E-state index contributed by atoms with van der Waals surface area (Å²) in [5, 5.41) is 11.7. The molecular formula is C14H18N2O3. The van der Waals surface area contributed by atoms with Crippen LogP contribution in [0.25, 0.3) is 0 Å². The lowest BCUT2D eigenvalue weighted by atomic mass is 10.0. The number of hydrogen-bond acceptors (Lipinski definition) is 3. The lowest BCUT2D eigenvalue weighted by Crippen LogP contribution is -2.42. The summed E-state index contributed by atoms with van der Waals surface area (Å²) < 4.78 is 0. The van der Waals surface area contributed by atoms with Gasteiger partial charge in [0.25, 0.3) is 5.91 Å². The van der Waals surface area contributed by atoms with E-state index in [-0.39, 0.29) is 11.8 Å². The summed E-state index contributed by atoms with van der Waals surface area (Å²) >= 11 is 0. The molecule has 1 fully saturated rings. The van der Waals surface area contributed by atoms with Crippen molar-refractivity contribution in [2.75, 3.05) is 6.54 Å². The van der Waals surface area contributed by atoms with Gasteiger partial charge in [-0.1, -0.05) is 18.2 Å². The highest BCUT2D eigenvalue weighted by molar-refractivity contribution is 5.98. The molecule has 19 heavy (non-hydrogen) atoms. The van der Waals surface area contributed by atoms with Crippen LogP contribution >= 0.6 is 0 Å². The van der Waals surface area contributed by atoms with Crippen molar-refractivity contribution in [3.63, 3.8) is 0 Å². The molecule has 0 bridgehead atoms. The van der Waals surface area contributed by atoms with Gasteiger partial charge in [-0.25, -0.2) is 4.79 Å². The topological polar surface area (TPSA) is 92.4 Å². The van der Waals surface area contributed by atoms with Crippen LogP contribution in [0.2, 0.25) is 0 Å². The summed E-state index contributed by atoms with van der Waals surface area (Å²) in [6.07, 6.45) is 2.33. The van der Waals surface area contributed by atoms with Crippen molar-refractivity contribution >= 4 is 11.9 Å². The minimum atomic E-state index is -0.966. The average Bonchev–Trinajstić information content (AvgIpc) is 3.20. The van der Waals surface area contributed by atoms with Gasteiger partial charge >= 0.3 is 5.97 Å². The maximum absolute atomic E-state index is 12.2. The minimum absolute atomic E-state index is 0.0723. The summed E-state index contributed by atoms with van der Waals surface area (Å²) in [6, 6.07) is 6.37. The number of carbonyl (C=O) groups is 2. The fourth-order valence-corrected chi connectivity index (χ4v) is 2.15. The molecule has 1 unspecified atom stereocenters. The standard InChI is InChI=1S/C14H18N2O3/c15-8-7-9-3-1-2-4-11(9)13(17)16-12(14(18)19)10-5-6-10/h1-4,10,12H,5-8,15H2,(H,16,17)(H,18,19). The lowest BCUT2D eigenvalue weighted by molar-refractivity contribution is -0.139. The molecular weight excluding hydrogens is 244 g/mol. The number of carboxylic acids is 1. The Bertz CT molecular complexity index is 483. The monoisotopic (exact) mass is 262 g/mol. The highest BCUT2D eigenvalue weighted by Crippen LogP contribution is 2.32. The molecule has 0 spiro atoms. The van der Waals surface area contributed by atoms with Gasteiger partial charge in [-0.15, -0.1) is 0 Å². The van der Waals surface area contributed by atoms with Crippen molar-refractivity contribution in [1.82, 2.24) is 5.32 Å². The second kappa shape index (κ2) is 5.84. The molecule has 2 rings (SSSR count). The molecule has 5 heteroatoms. The summed E-state index contributed by atoms with van der Waals surface area (Å²) in [6.45, 7) is 0.454. The third-order valence-electron chi connectivity index (χ3n) is 3.32. The third kappa shape index (κ3) is 3.32. The minimum Gasteiger partial charge on any atom is -0.480 e. The van der Waals surface area contributed by atoms with Crippen molar-refractivity contribution in [3.05, 3.63) is 35.4 Å². The van der Waals surface area contributed by atoms with E-state index in [1.165, 1.54) is 0 Å². The number of nitrogens with two attached hydrogens (primary N) is 1. The van der Waals surface area contributed by atoms with Crippen LogP contribution < -0.4 is 11.1 Å². The zero-order valence-electron chi connectivity index (χ0n) is 10.6. The van der Waals surface area contributed by atoms with E-state index in [9.17, 15) is 9.59 Å². The smallest absolute Gasteiger partial charge is 0.326 e. The molecule has 5 nitrogen and oxygen atoms in total. The number of amides is 1. The van der Waals surface area contributed by atoms with Crippen LogP contribution in [0.5, 0.6) is 0 Å². The van der Waals surface area contributed by atoms with Crippen LogP contribution in [0.15, 0.2) is 24.3 Å². The molecule has 0 saturated heterocycles. The average molecular weight is 262 g/mol. The molecule has 102 valence electrons. The number of aliphatic carboxylic acids is 1. The molecule has 0 aliphatic heterocycles. The van der Waals surface area contributed by atoms with Crippen LogP contribution in [0.4, 0.5) is 0 Å². The first-order valence-corrected chi connectivity index (χ1v) is 6.45. The molecule has 4 N–H and O–H groups in total. The van der Waals surface area contributed by atoms with Gasteiger partial charge in [0, 0.05) is 5.56 Å². The van der Waals surface area contributed by atoms with Gasteiger partial charge < -0.3 is 16.2 Å². The molecule has 1 atom stereocenters. The molecule has 0 aromatic heterocycles. The van der Waals surface area contributed by atoms with E-state index in [0.717, 1.165) is 18.4 Å². The van der Waals surface area contributed by atoms with Gasteiger partial charge in [0.2, 0.25) is 0 Å². The van der Waals surface area contributed by atoms with Crippen molar-refractivity contribution in [2.24, 2.45) is 11.7 Å². The first-order chi connectivity index (χ1) is 9.13. The molecule has 0 heterocycles. The number of benzene rings is 1. The Hall–Kier alpha value is -1.88. The van der Waals surface area contributed by atoms with Crippen molar-refractivity contribution in [3.8, 4) is 0 Å². The first kappa shape index (κ1) is 13.5. The predicted molar refractivity (Wildman–Crippen MR) is 70.8 cm³/mol. The van der Waals surface area contributed by atoms with Crippen LogP contribution in [0, 0.1) is 5.92 Å². The van der Waals surface area contributed by atoms with E-state index < -0.39 is 12.0 Å². The normalized spacial score (nSPS) is 15.8. The largest absolute Gasteiger partial charge is 0.480 e. The van der Waals surface area contributed by atoms with Crippen molar-refractivity contribution < 1.29 is 14.7 Å². The number of carbonyl (C=O) groups excluding carboxylic acids is 1. The fourth-order valence-electron chi connectivity index (χ4n) is 2.15. The van der Waals surface area contributed by atoms with Gasteiger partial charge in [-0.05, 0) is 43.4 Å². The highest BCUT2D eigenvalue weighted by Gasteiger charge is 2.37. The number of carboxylic acid groups (broad SMARTS) is 1. The zero-order chi connectivity index (χ0) is 13.8. The van der Waals surface area contributed by atoms with Gasteiger partial charge in [0.15, 0.2) is 0 Å². The second-order valence-corrected chi connectivity index (χ2v) is 4.82. The van der Waals surface area contributed by atoms with Gasteiger partial charge in [0.05, 0.1) is 0 Å². The Morgan fingerprint density at radius 2 is 2.05 bits per heavy atom. The van der Waals surface area contributed by atoms with E-state index in [1.54, 1.807) is 12.1 Å². The quantitative estimate of drug-likeness (QED) is 0.706. The Kier molecular flexibility index (Phi) is 4.16. The molecule has 1 amide bonds. The van der Waals surface area contributed by atoms with Crippen LogP contribution in [0.1, 0.15) is 28.8 Å². The van der Waals surface area contributed by atoms with E-state index in [4.69, 9.17) is 10.8 Å². The zero-order valence-corrected chi connectivity index (χ0v) is 10.6. The summed E-state index contributed by atoms with van der Waals surface area (Å²) in [5.74, 6) is -1.22. The van der Waals surface area contributed by atoms with Gasteiger partial charge in [-0.3, -0.25) is 4.79 Å². The summed E-state index contributed by atoms with van der Waals surface area (Å²) in [7, 11) is 0. The van der Waals surface area contributed by atoms with E-state index in [2.05, 4.69) is 5.32 Å². The van der Waals surface area contributed by atoms with Crippen molar-refractivity contribution in [1.29, 1.82) is 0 Å². The molecule has 1 aromatic rings. The Labute approximate surface area is 111 Å². The van der Waals surface area contributed by atoms with Crippen LogP contribution in [-0.2, 0) is 11.2 Å². The second-order valence-electron chi connectivity index (χ2n) is 4.82. The van der Waals surface area contributed by atoms with Gasteiger partial charge in [0.1, 0.15) is 6.04 Å². The summed E-state index contributed by atoms with van der Waals surface area (Å²) in [5.41, 5.74) is 6.87. The van der Waals surface area contributed by atoms with Crippen LogP contribution in [0.3, 0.4) is 0 Å². The molecule has 1 aliphatic carbocycles. The Balaban J connectivity index is 2.12. The predicted octanol–water partition coefficient (Wildman–Crippen LogP) is 0.781. The molecule has 0 radical (unpaired) electrons. The Morgan fingerprint density at radius 3 is 2.63 bits per heavy atom. The fraction of sp³-hybridized carbons (Fsp3) is 0.429. The van der Waals surface area contributed by atoms with E-state index >= 15 is 0 Å². The van der Waals surface area contributed by atoms with Gasteiger partial charge in [-0.2, -0.15) is 0 Å². The highest BCUT2D eigenvalue weighted by atomic mass is 16.4. The lowest BCUT2D eigenvalue weighted by Gasteiger charge is -2.15. The maximum atomic E-state index is 12.2.